The van der Waals surface area contributed by atoms with Crippen molar-refractivity contribution in [2.45, 2.75) is 12.5 Å². The molecule has 0 aliphatic carbocycles. The first kappa shape index (κ1) is 21.7. The van der Waals surface area contributed by atoms with Crippen LogP contribution in [0.5, 0.6) is 0 Å². The first-order valence-electron chi connectivity index (χ1n) is 10.9. The molecule has 1 fully saturated rings. The highest BCUT2D eigenvalue weighted by atomic mass is 19.1. The molecule has 1 atom stereocenters. The number of rotatable bonds is 3. The van der Waals surface area contributed by atoms with Gasteiger partial charge in [-0.3, -0.25) is 9.48 Å². The number of aryl methyl sites for hydroxylation is 1. The third-order valence-corrected chi connectivity index (χ3v) is 6.30. The lowest BCUT2D eigenvalue weighted by atomic mass is 9.91. The molecule has 1 saturated heterocycles. The fraction of sp³-hybridized carbons (Fsp3) is 0.192. The summed E-state index contributed by atoms with van der Waals surface area (Å²) < 4.78 is 31.4. The van der Waals surface area contributed by atoms with E-state index >= 15 is 4.39 Å². The van der Waals surface area contributed by atoms with Crippen LogP contribution in [-0.2, 0) is 7.05 Å². The third-order valence-electron chi connectivity index (χ3n) is 6.30. The quantitative estimate of drug-likeness (QED) is 0.499. The largest absolute Gasteiger partial charge is 0.337 e. The molecule has 34 heavy (non-hydrogen) atoms. The monoisotopic (exact) mass is 457 g/mol. The van der Waals surface area contributed by atoms with Gasteiger partial charge in [-0.15, -0.1) is 0 Å². The van der Waals surface area contributed by atoms with E-state index in [9.17, 15) is 9.18 Å². The van der Waals surface area contributed by atoms with Crippen LogP contribution in [0.3, 0.4) is 0 Å². The summed E-state index contributed by atoms with van der Waals surface area (Å²) in [6.07, 6.45) is 2.38. The number of likely N-dealkylation sites (tertiary alicyclic amines) is 1. The summed E-state index contributed by atoms with van der Waals surface area (Å²) in [7, 11) is 1.73. The fourth-order valence-corrected chi connectivity index (χ4v) is 4.46. The molecule has 170 valence electrons. The number of aromatic nitrogens is 2. The van der Waals surface area contributed by atoms with Crippen LogP contribution in [0, 0.1) is 23.0 Å². The molecule has 4 aromatic rings. The average molecular weight is 457 g/mol. The smallest absolute Gasteiger partial charge is 0.253 e. The number of amides is 1. The van der Waals surface area contributed by atoms with Crippen LogP contribution in [0.1, 0.15) is 22.3 Å². The third kappa shape index (κ3) is 3.70. The molecule has 1 aliphatic rings. The van der Waals surface area contributed by atoms with Gasteiger partial charge in [-0.1, -0.05) is 12.1 Å². The second kappa shape index (κ2) is 8.36. The maximum absolute atomic E-state index is 15.3. The number of halogens is 2. The number of nitriles is 1. The summed E-state index contributed by atoms with van der Waals surface area (Å²) in [6, 6.07) is 14.0. The van der Waals surface area contributed by atoms with E-state index in [1.54, 1.807) is 59.2 Å². The molecule has 0 spiro atoms. The lowest BCUT2D eigenvalue weighted by molar-refractivity contribution is 0.0791. The van der Waals surface area contributed by atoms with E-state index < -0.39 is 11.6 Å². The van der Waals surface area contributed by atoms with Gasteiger partial charge in [-0.05, 0) is 53.4 Å². The predicted molar refractivity (Wildman–Crippen MR) is 125 cm³/mol. The van der Waals surface area contributed by atoms with E-state index in [4.69, 9.17) is 11.0 Å². The standard InChI is InChI=1S/C26H21F2N5O/c1-32-25-11-24(28)22(9-18(25)13-31-32)20-5-4-16(26(34)33-7-6-19(30)14-33)8-21(20)15-2-3-17(12-29)23(27)10-15/h2-5,8-11,13,19H,6-7,14,30H2,1H3/t19-/m0/s1. The second-order valence-corrected chi connectivity index (χ2v) is 8.53. The predicted octanol–water partition coefficient (Wildman–Crippen LogP) is 4.23. The Labute approximate surface area is 194 Å². The molecular weight excluding hydrogens is 436 g/mol. The van der Waals surface area contributed by atoms with Gasteiger partial charge in [-0.2, -0.15) is 10.4 Å². The van der Waals surface area contributed by atoms with E-state index in [2.05, 4.69) is 5.10 Å². The molecule has 2 N–H and O–H groups in total. The zero-order chi connectivity index (χ0) is 24.0. The van der Waals surface area contributed by atoms with Crippen LogP contribution in [-0.4, -0.2) is 39.7 Å². The number of carbonyl (C=O) groups is 1. The van der Waals surface area contributed by atoms with Crippen molar-refractivity contribution in [2.24, 2.45) is 12.8 Å². The normalized spacial score (nSPS) is 15.6. The van der Waals surface area contributed by atoms with Gasteiger partial charge in [0, 0.05) is 48.8 Å². The first-order valence-corrected chi connectivity index (χ1v) is 10.9. The summed E-state index contributed by atoms with van der Waals surface area (Å²) in [5.74, 6) is -1.33. The van der Waals surface area contributed by atoms with Crippen LogP contribution in [0.15, 0.2) is 54.7 Å². The van der Waals surface area contributed by atoms with Gasteiger partial charge in [0.05, 0.1) is 17.3 Å². The summed E-state index contributed by atoms with van der Waals surface area (Å²) in [5, 5.41) is 14.0. The van der Waals surface area contributed by atoms with Gasteiger partial charge in [-0.25, -0.2) is 8.78 Å². The molecule has 0 radical (unpaired) electrons. The van der Waals surface area contributed by atoms with Crippen molar-refractivity contribution in [3.05, 3.63) is 77.5 Å². The molecule has 0 bridgehead atoms. The Morgan fingerprint density at radius 3 is 2.62 bits per heavy atom. The summed E-state index contributed by atoms with van der Waals surface area (Å²) in [4.78, 5) is 14.8. The molecule has 3 aromatic carbocycles. The number of nitrogens with two attached hydrogens (primary N) is 1. The molecule has 8 heteroatoms. The Kier molecular flexibility index (Phi) is 5.34. The molecule has 6 nitrogen and oxygen atoms in total. The highest BCUT2D eigenvalue weighted by Crippen LogP contribution is 2.37. The first-order chi connectivity index (χ1) is 16.4. The van der Waals surface area contributed by atoms with Crippen molar-refractivity contribution >= 4 is 16.8 Å². The Balaban J connectivity index is 1.69. The Morgan fingerprint density at radius 1 is 1.09 bits per heavy atom. The van der Waals surface area contributed by atoms with Gasteiger partial charge in [0.1, 0.15) is 17.7 Å². The van der Waals surface area contributed by atoms with Gasteiger partial charge < -0.3 is 10.6 Å². The Bertz CT molecular complexity index is 1490. The molecule has 0 saturated carbocycles. The molecule has 1 aromatic heterocycles. The van der Waals surface area contributed by atoms with E-state index in [1.165, 1.54) is 18.2 Å². The van der Waals surface area contributed by atoms with Crippen LogP contribution in [0.25, 0.3) is 33.2 Å². The minimum Gasteiger partial charge on any atom is -0.337 e. The number of fused-ring (bicyclic) bond motifs is 1. The van der Waals surface area contributed by atoms with Crippen LogP contribution >= 0.6 is 0 Å². The highest BCUT2D eigenvalue weighted by molar-refractivity contribution is 5.98. The van der Waals surface area contributed by atoms with Gasteiger partial charge in [0.2, 0.25) is 0 Å². The zero-order valence-corrected chi connectivity index (χ0v) is 18.4. The number of hydrogen-bond donors (Lipinski definition) is 1. The molecule has 0 unspecified atom stereocenters. The van der Waals surface area contributed by atoms with Crippen LogP contribution < -0.4 is 5.73 Å². The van der Waals surface area contributed by atoms with Crippen molar-refractivity contribution in [1.82, 2.24) is 14.7 Å². The minimum atomic E-state index is -0.684. The van der Waals surface area contributed by atoms with Gasteiger partial charge in [0.25, 0.3) is 5.91 Å². The number of benzene rings is 3. The van der Waals surface area contributed by atoms with Crippen molar-refractivity contribution in [2.75, 3.05) is 13.1 Å². The van der Waals surface area contributed by atoms with E-state index in [1.807, 2.05) is 0 Å². The number of nitrogens with zero attached hydrogens (tertiary/aromatic N) is 4. The summed E-state index contributed by atoms with van der Waals surface area (Å²) >= 11 is 0. The van der Waals surface area contributed by atoms with E-state index in [0.717, 1.165) is 11.8 Å². The van der Waals surface area contributed by atoms with E-state index in [0.29, 0.717) is 46.4 Å². The van der Waals surface area contributed by atoms with Crippen molar-refractivity contribution in [3.8, 4) is 28.3 Å². The summed E-state index contributed by atoms with van der Waals surface area (Å²) in [6.45, 7) is 1.03. The average Bonchev–Trinajstić information content (AvgIpc) is 3.43. The Morgan fingerprint density at radius 2 is 1.91 bits per heavy atom. The Hall–Kier alpha value is -4.09. The lowest BCUT2D eigenvalue weighted by Gasteiger charge is -2.18. The number of carbonyl (C=O) groups excluding carboxylic acids is 1. The maximum Gasteiger partial charge on any atom is 0.253 e. The van der Waals surface area contributed by atoms with Gasteiger partial charge in [0.15, 0.2) is 0 Å². The van der Waals surface area contributed by atoms with Crippen molar-refractivity contribution < 1.29 is 13.6 Å². The molecule has 1 aliphatic heterocycles. The van der Waals surface area contributed by atoms with Crippen LogP contribution in [0.4, 0.5) is 8.78 Å². The number of hydrogen-bond acceptors (Lipinski definition) is 4. The lowest BCUT2D eigenvalue weighted by Crippen LogP contribution is -2.31. The molecule has 5 rings (SSSR count). The van der Waals surface area contributed by atoms with Crippen LogP contribution in [0.2, 0.25) is 0 Å². The minimum absolute atomic E-state index is 0.0596. The van der Waals surface area contributed by atoms with Crippen molar-refractivity contribution in [3.63, 3.8) is 0 Å². The highest BCUT2D eigenvalue weighted by Gasteiger charge is 2.26. The van der Waals surface area contributed by atoms with Crippen molar-refractivity contribution in [1.29, 1.82) is 5.26 Å². The van der Waals surface area contributed by atoms with E-state index in [-0.39, 0.29) is 17.5 Å². The zero-order valence-electron chi connectivity index (χ0n) is 18.4. The topological polar surface area (TPSA) is 87.9 Å². The van der Waals surface area contributed by atoms with Gasteiger partial charge >= 0.3 is 0 Å². The molecule has 1 amide bonds. The SMILES string of the molecule is Cn1ncc2cc(-c3ccc(C(=O)N4CC[C@H](N)C4)cc3-c3ccc(C#N)c(F)c3)c(F)cc21. The summed E-state index contributed by atoms with van der Waals surface area (Å²) in [5.41, 5.74) is 8.65. The molecular formula is C26H21F2N5O. The fourth-order valence-electron chi connectivity index (χ4n) is 4.46. The maximum atomic E-state index is 15.3. The molecule has 2 heterocycles. The second-order valence-electron chi connectivity index (χ2n) is 8.53.